The third kappa shape index (κ3) is 3.27. The first kappa shape index (κ1) is 14.6. The first-order valence-electron chi connectivity index (χ1n) is 7.74. The Balaban J connectivity index is 1.74. The van der Waals surface area contributed by atoms with Crippen LogP contribution in [0.2, 0.25) is 0 Å². The number of hydrogen-bond acceptors (Lipinski definition) is 3. The summed E-state index contributed by atoms with van der Waals surface area (Å²) < 4.78 is 1.96. The summed E-state index contributed by atoms with van der Waals surface area (Å²) in [6.45, 7) is 2.46. The van der Waals surface area contributed by atoms with E-state index in [-0.39, 0.29) is 0 Å². The molecule has 3 rings (SSSR count). The molecule has 116 valence electrons. The molecule has 0 aliphatic heterocycles. The van der Waals surface area contributed by atoms with Crippen molar-refractivity contribution < 1.29 is 0 Å². The Bertz CT molecular complexity index is 654. The molecule has 3 N–H and O–H groups in total. The van der Waals surface area contributed by atoms with E-state index in [0.29, 0.717) is 18.5 Å². The minimum absolute atomic E-state index is 0.480. The number of nitrogens with two attached hydrogens (primary N) is 1. The molecule has 0 amide bonds. The monoisotopic (exact) mass is 298 g/mol. The minimum Gasteiger partial charge on any atom is -0.370 e. The van der Waals surface area contributed by atoms with Gasteiger partial charge in [0.2, 0.25) is 0 Å². The summed E-state index contributed by atoms with van der Waals surface area (Å²) in [6.07, 6.45) is 10.4. The van der Waals surface area contributed by atoms with E-state index in [2.05, 4.69) is 20.3 Å². The molecule has 1 aliphatic carbocycles. The highest BCUT2D eigenvalue weighted by Crippen LogP contribution is 2.17. The third-order valence-corrected chi connectivity index (χ3v) is 4.05. The quantitative estimate of drug-likeness (QED) is 0.667. The minimum atomic E-state index is 0.480. The Morgan fingerprint density at radius 3 is 2.91 bits per heavy atom. The lowest BCUT2D eigenvalue weighted by molar-refractivity contribution is 0.625. The van der Waals surface area contributed by atoms with Gasteiger partial charge >= 0.3 is 0 Å². The Morgan fingerprint density at radius 2 is 2.18 bits per heavy atom. The maximum atomic E-state index is 6.00. The molecule has 6 heteroatoms. The first-order chi connectivity index (χ1) is 10.7. The van der Waals surface area contributed by atoms with Crippen LogP contribution in [0.4, 0.5) is 0 Å². The number of aliphatic imine (C=N–C) groups is 1. The number of nitrogens with one attached hydrogen (secondary N) is 1. The molecule has 22 heavy (non-hydrogen) atoms. The average Bonchev–Trinajstić information content (AvgIpc) is 3.17. The number of nitrogens with zero attached hydrogens (tertiary/aromatic N) is 4. The molecule has 0 bridgehead atoms. The van der Waals surface area contributed by atoms with Gasteiger partial charge in [0.1, 0.15) is 11.6 Å². The molecule has 2 aromatic rings. The summed E-state index contributed by atoms with van der Waals surface area (Å²) in [5, 5.41) is 3.30. The second-order valence-corrected chi connectivity index (χ2v) is 5.66. The fraction of sp³-hybridized carbons (Fsp3) is 0.438. The van der Waals surface area contributed by atoms with E-state index in [4.69, 9.17) is 5.73 Å². The topological polar surface area (TPSA) is 81.1 Å². The number of rotatable bonds is 4. The van der Waals surface area contributed by atoms with Crippen LogP contribution in [0.15, 0.2) is 35.7 Å². The summed E-state index contributed by atoms with van der Waals surface area (Å²) in [5.74, 6) is 2.28. The van der Waals surface area contributed by atoms with Crippen molar-refractivity contribution in [3.63, 3.8) is 0 Å². The smallest absolute Gasteiger partial charge is 0.189 e. The summed E-state index contributed by atoms with van der Waals surface area (Å²) in [5.41, 5.74) is 7.03. The van der Waals surface area contributed by atoms with Gasteiger partial charge in [-0.15, -0.1) is 0 Å². The van der Waals surface area contributed by atoms with Gasteiger partial charge in [0.15, 0.2) is 5.96 Å². The number of aromatic nitrogens is 3. The van der Waals surface area contributed by atoms with E-state index in [1.54, 1.807) is 12.4 Å². The Kier molecular flexibility index (Phi) is 4.37. The fourth-order valence-electron chi connectivity index (χ4n) is 2.87. The first-order valence-corrected chi connectivity index (χ1v) is 7.74. The van der Waals surface area contributed by atoms with Crippen LogP contribution < -0.4 is 11.1 Å². The van der Waals surface area contributed by atoms with Crippen molar-refractivity contribution in [3.05, 3.63) is 42.1 Å². The van der Waals surface area contributed by atoms with Gasteiger partial charge < -0.3 is 11.1 Å². The molecule has 0 radical (unpaired) electrons. The predicted octanol–water partition coefficient (Wildman–Crippen LogP) is 1.92. The Labute approximate surface area is 130 Å². The number of pyridine rings is 1. The van der Waals surface area contributed by atoms with Crippen LogP contribution in [-0.2, 0) is 6.54 Å². The van der Waals surface area contributed by atoms with E-state index in [9.17, 15) is 0 Å². The molecular formula is C16H22N6. The van der Waals surface area contributed by atoms with Crippen LogP contribution in [0, 0.1) is 6.92 Å². The molecule has 2 aromatic heterocycles. The molecule has 6 nitrogen and oxygen atoms in total. The summed E-state index contributed by atoms with van der Waals surface area (Å²) >= 11 is 0. The van der Waals surface area contributed by atoms with Crippen molar-refractivity contribution in [2.45, 2.75) is 45.2 Å². The van der Waals surface area contributed by atoms with Gasteiger partial charge in [-0.05, 0) is 25.8 Å². The normalized spacial score (nSPS) is 16.1. The summed E-state index contributed by atoms with van der Waals surface area (Å²) in [7, 11) is 0. The second kappa shape index (κ2) is 6.60. The average molecular weight is 298 g/mol. The van der Waals surface area contributed by atoms with Crippen molar-refractivity contribution >= 4 is 5.96 Å². The zero-order chi connectivity index (χ0) is 15.4. The maximum Gasteiger partial charge on any atom is 0.189 e. The van der Waals surface area contributed by atoms with Crippen LogP contribution >= 0.6 is 0 Å². The third-order valence-electron chi connectivity index (χ3n) is 4.05. The number of guanidine groups is 1. The molecule has 1 fully saturated rings. The molecule has 0 atom stereocenters. The van der Waals surface area contributed by atoms with Gasteiger partial charge in [-0.1, -0.05) is 18.9 Å². The van der Waals surface area contributed by atoms with Crippen molar-refractivity contribution in [1.29, 1.82) is 0 Å². The van der Waals surface area contributed by atoms with Crippen LogP contribution in [-0.4, -0.2) is 26.5 Å². The van der Waals surface area contributed by atoms with Gasteiger partial charge in [-0.25, -0.2) is 15.0 Å². The summed E-state index contributed by atoms with van der Waals surface area (Å²) in [4.78, 5) is 13.2. The number of imidazole rings is 1. The van der Waals surface area contributed by atoms with Gasteiger partial charge in [0.25, 0.3) is 0 Å². The van der Waals surface area contributed by atoms with Crippen LogP contribution in [0.5, 0.6) is 0 Å². The lowest BCUT2D eigenvalue weighted by Gasteiger charge is -2.13. The fourth-order valence-corrected chi connectivity index (χ4v) is 2.87. The molecular weight excluding hydrogens is 276 g/mol. The molecule has 1 aliphatic rings. The molecule has 1 saturated carbocycles. The summed E-state index contributed by atoms with van der Waals surface area (Å²) in [6, 6.07) is 4.42. The zero-order valence-electron chi connectivity index (χ0n) is 12.9. The number of aryl methyl sites for hydroxylation is 1. The van der Waals surface area contributed by atoms with Gasteiger partial charge in [-0.3, -0.25) is 4.57 Å². The van der Waals surface area contributed by atoms with Crippen LogP contribution in [0.3, 0.4) is 0 Å². The lowest BCUT2D eigenvalue weighted by atomic mass is 10.2. The Morgan fingerprint density at radius 1 is 1.36 bits per heavy atom. The van der Waals surface area contributed by atoms with Crippen LogP contribution in [0.25, 0.3) is 5.82 Å². The van der Waals surface area contributed by atoms with Crippen molar-refractivity contribution in [1.82, 2.24) is 19.9 Å². The number of hydrogen-bond donors (Lipinski definition) is 2. The molecule has 0 aromatic carbocycles. The SMILES string of the molecule is Cc1nccn1-c1ncccc1CN=C(N)NC1CCCC1. The van der Waals surface area contributed by atoms with Crippen LogP contribution in [0.1, 0.15) is 37.1 Å². The second-order valence-electron chi connectivity index (χ2n) is 5.66. The predicted molar refractivity (Wildman–Crippen MR) is 86.8 cm³/mol. The molecule has 2 heterocycles. The Hall–Kier alpha value is -2.37. The molecule has 0 spiro atoms. The van der Waals surface area contributed by atoms with Crippen molar-refractivity contribution in [3.8, 4) is 5.82 Å². The van der Waals surface area contributed by atoms with Gasteiger partial charge in [0.05, 0.1) is 6.54 Å². The van der Waals surface area contributed by atoms with Gasteiger partial charge in [0, 0.05) is 30.2 Å². The van der Waals surface area contributed by atoms with E-state index in [1.807, 2.05) is 29.8 Å². The van der Waals surface area contributed by atoms with Crippen molar-refractivity contribution in [2.24, 2.45) is 10.7 Å². The van der Waals surface area contributed by atoms with Crippen molar-refractivity contribution in [2.75, 3.05) is 0 Å². The standard InChI is InChI=1S/C16H22N6/c1-12-18-9-10-22(12)15-13(5-4-8-19-15)11-20-16(17)21-14-6-2-3-7-14/h4-5,8-10,14H,2-3,6-7,11H2,1H3,(H3,17,20,21). The van der Waals surface area contributed by atoms with Gasteiger partial charge in [-0.2, -0.15) is 0 Å². The lowest BCUT2D eigenvalue weighted by Crippen LogP contribution is -2.38. The highest BCUT2D eigenvalue weighted by atomic mass is 15.1. The van der Waals surface area contributed by atoms with E-state index in [0.717, 1.165) is 17.2 Å². The molecule has 0 saturated heterocycles. The largest absolute Gasteiger partial charge is 0.370 e. The molecule has 0 unspecified atom stereocenters. The highest BCUT2D eigenvalue weighted by molar-refractivity contribution is 5.78. The van der Waals surface area contributed by atoms with E-state index in [1.165, 1.54) is 25.7 Å². The zero-order valence-corrected chi connectivity index (χ0v) is 12.9. The highest BCUT2D eigenvalue weighted by Gasteiger charge is 2.15. The van der Waals surface area contributed by atoms with E-state index < -0.39 is 0 Å². The van der Waals surface area contributed by atoms with E-state index >= 15 is 0 Å². The maximum absolute atomic E-state index is 6.00.